The number of nitrogens with zero attached hydrogens (tertiary/aromatic N) is 6. The van der Waals surface area contributed by atoms with E-state index in [1.54, 1.807) is 30.5 Å². The molecule has 0 fully saturated rings. The molecule has 13 heteroatoms. The van der Waals surface area contributed by atoms with Crippen molar-refractivity contribution in [1.82, 2.24) is 24.8 Å². The van der Waals surface area contributed by atoms with E-state index in [0.717, 1.165) is 10.6 Å². The monoisotopic (exact) mass is 468 g/mol. The lowest BCUT2D eigenvalue weighted by atomic mass is 10.1. The van der Waals surface area contributed by atoms with E-state index in [0.29, 0.717) is 23.4 Å². The van der Waals surface area contributed by atoms with Crippen LogP contribution in [0.3, 0.4) is 0 Å². The number of amides is 1. The SMILES string of the molecule is CN(Cc1cnc2nc(N)nc(N)c2n1)c1ccc(C(=O)N(C)C(CCC(=O)O)C(=O)O)cc1. The lowest BCUT2D eigenvalue weighted by molar-refractivity contribution is -0.143. The van der Waals surface area contributed by atoms with Gasteiger partial charge in [-0.3, -0.25) is 9.59 Å². The van der Waals surface area contributed by atoms with Crippen molar-refractivity contribution in [3.05, 3.63) is 41.7 Å². The molecule has 0 aliphatic rings. The molecule has 1 aromatic carbocycles. The van der Waals surface area contributed by atoms with E-state index >= 15 is 0 Å². The maximum Gasteiger partial charge on any atom is 0.326 e. The molecule has 3 rings (SSSR count). The first-order chi connectivity index (χ1) is 16.1. The van der Waals surface area contributed by atoms with Gasteiger partial charge in [0.1, 0.15) is 6.04 Å². The number of rotatable bonds is 9. The van der Waals surface area contributed by atoms with Gasteiger partial charge in [0.05, 0.1) is 18.4 Å². The number of carboxylic acid groups (broad SMARTS) is 2. The zero-order valence-electron chi connectivity index (χ0n) is 18.5. The van der Waals surface area contributed by atoms with Crippen LogP contribution >= 0.6 is 0 Å². The van der Waals surface area contributed by atoms with Gasteiger partial charge in [-0.25, -0.2) is 14.8 Å². The molecule has 34 heavy (non-hydrogen) atoms. The van der Waals surface area contributed by atoms with Gasteiger partial charge in [0, 0.05) is 31.8 Å². The van der Waals surface area contributed by atoms with Crippen LogP contribution in [0.5, 0.6) is 0 Å². The fourth-order valence-corrected chi connectivity index (χ4v) is 3.34. The summed E-state index contributed by atoms with van der Waals surface area (Å²) in [6, 6.07) is 5.31. The fraction of sp³-hybridized carbons (Fsp3) is 0.286. The Morgan fingerprint density at radius 1 is 1.03 bits per heavy atom. The molecule has 1 unspecified atom stereocenters. The molecule has 13 nitrogen and oxygen atoms in total. The number of nitrogen functional groups attached to an aromatic ring is 2. The summed E-state index contributed by atoms with van der Waals surface area (Å²) in [6.07, 6.45) is 1.00. The van der Waals surface area contributed by atoms with E-state index in [1.165, 1.54) is 7.05 Å². The van der Waals surface area contributed by atoms with Crippen molar-refractivity contribution in [2.24, 2.45) is 0 Å². The highest BCUT2D eigenvalue weighted by molar-refractivity contribution is 5.96. The Morgan fingerprint density at radius 3 is 2.32 bits per heavy atom. The molecule has 6 N–H and O–H groups in total. The minimum Gasteiger partial charge on any atom is -0.481 e. The number of hydrogen-bond acceptors (Lipinski definition) is 10. The van der Waals surface area contributed by atoms with E-state index in [9.17, 15) is 19.5 Å². The molecule has 0 saturated heterocycles. The van der Waals surface area contributed by atoms with Crippen LogP contribution in [-0.2, 0) is 16.1 Å². The average molecular weight is 468 g/mol. The first-order valence-corrected chi connectivity index (χ1v) is 10.1. The molecule has 2 aromatic heterocycles. The second-order valence-electron chi connectivity index (χ2n) is 7.61. The molecule has 0 spiro atoms. The number of carbonyl (C=O) groups excluding carboxylic acids is 1. The quantitative estimate of drug-likeness (QED) is 0.341. The van der Waals surface area contributed by atoms with Gasteiger partial charge in [-0.1, -0.05) is 0 Å². The maximum atomic E-state index is 12.7. The van der Waals surface area contributed by atoms with Gasteiger partial charge >= 0.3 is 11.9 Å². The van der Waals surface area contributed by atoms with Gasteiger partial charge in [-0.05, 0) is 30.7 Å². The lowest BCUT2D eigenvalue weighted by Gasteiger charge is -2.25. The van der Waals surface area contributed by atoms with Crippen LogP contribution < -0.4 is 16.4 Å². The van der Waals surface area contributed by atoms with Crippen LogP contribution in [0, 0.1) is 0 Å². The molecule has 2 heterocycles. The second-order valence-corrected chi connectivity index (χ2v) is 7.61. The topological polar surface area (TPSA) is 202 Å². The maximum absolute atomic E-state index is 12.7. The van der Waals surface area contributed by atoms with E-state index in [2.05, 4.69) is 19.9 Å². The van der Waals surface area contributed by atoms with Crippen molar-refractivity contribution >= 4 is 46.5 Å². The molecule has 0 aliphatic heterocycles. The molecule has 0 aliphatic carbocycles. The van der Waals surface area contributed by atoms with Crippen LogP contribution in [0.4, 0.5) is 17.5 Å². The zero-order chi connectivity index (χ0) is 25.0. The standard InChI is InChI=1S/C21H24N8O5/c1-28(10-12-9-24-18-16(25-12)17(22)26-21(23)27-18)13-5-3-11(4-6-13)19(32)29(2)14(20(33)34)7-8-15(30)31/h3-6,9,14H,7-8,10H2,1-2H3,(H,30,31)(H,33,34)(H4,22,23,24,26,27). The minimum absolute atomic E-state index is 0.0148. The number of nitrogens with two attached hydrogens (primary N) is 2. The highest BCUT2D eigenvalue weighted by Crippen LogP contribution is 2.20. The number of hydrogen-bond donors (Lipinski definition) is 4. The van der Waals surface area contributed by atoms with Crippen molar-refractivity contribution < 1.29 is 24.6 Å². The summed E-state index contributed by atoms with van der Waals surface area (Å²) in [5.41, 5.74) is 13.7. The number of aliphatic carboxylic acids is 2. The number of benzene rings is 1. The molecule has 3 aromatic rings. The summed E-state index contributed by atoms with van der Waals surface area (Å²) >= 11 is 0. The third-order valence-corrected chi connectivity index (χ3v) is 5.16. The molecule has 0 radical (unpaired) electrons. The third-order valence-electron chi connectivity index (χ3n) is 5.16. The summed E-state index contributed by atoms with van der Waals surface area (Å²) < 4.78 is 0. The van der Waals surface area contributed by atoms with E-state index in [-0.39, 0.29) is 30.2 Å². The van der Waals surface area contributed by atoms with Gasteiger partial charge in [-0.2, -0.15) is 9.97 Å². The Bertz CT molecular complexity index is 1230. The number of aromatic nitrogens is 4. The van der Waals surface area contributed by atoms with Crippen molar-refractivity contribution in [1.29, 1.82) is 0 Å². The molecular formula is C21H24N8O5. The van der Waals surface area contributed by atoms with E-state index in [1.807, 2.05) is 11.9 Å². The predicted octanol–water partition coefficient (Wildman–Crippen LogP) is 0.611. The van der Waals surface area contributed by atoms with E-state index < -0.39 is 23.9 Å². The number of anilines is 3. The molecule has 0 bridgehead atoms. The summed E-state index contributed by atoms with van der Waals surface area (Å²) in [6.45, 7) is 0.371. The first-order valence-electron chi connectivity index (χ1n) is 10.1. The van der Waals surface area contributed by atoms with Crippen molar-refractivity contribution in [2.45, 2.75) is 25.4 Å². The summed E-state index contributed by atoms with van der Waals surface area (Å²) in [7, 11) is 3.16. The highest BCUT2D eigenvalue weighted by atomic mass is 16.4. The smallest absolute Gasteiger partial charge is 0.326 e. The van der Waals surface area contributed by atoms with Gasteiger partial charge in [0.25, 0.3) is 5.91 Å². The molecule has 1 amide bonds. The zero-order valence-corrected chi connectivity index (χ0v) is 18.5. The Morgan fingerprint density at radius 2 is 1.71 bits per heavy atom. The summed E-state index contributed by atoms with van der Waals surface area (Å²) in [5.74, 6) is -2.77. The van der Waals surface area contributed by atoms with Crippen molar-refractivity contribution in [3.8, 4) is 0 Å². The molecule has 1 atom stereocenters. The fourth-order valence-electron chi connectivity index (χ4n) is 3.34. The van der Waals surface area contributed by atoms with Crippen LogP contribution in [0.2, 0.25) is 0 Å². The van der Waals surface area contributed by atoms with Gasteiger partial charge < -0.3 is 31.5 Å². The van der Waals surface area contributed by atoms with Gasteiger partial charge in [0.15, 0.2) is 17.0 Å². The lowest BCUT2D eigenvalue weighted by Crippen LogP contribution is -2.42. The summed E-state index contributed by atoms with van der Waals surface area (Å²) in [4.78, 5) is 54.5. The average Bonchev–Trinajstić information content (AvgIpc) is 2.78. The predicted molar refractivity (Wildman–Crippen MR) is 123 cm³/mol. The van der Waals surface area contributed by atoms with Crippen molar-refractivity contribution in [2.75, 3.05) is 30.5 Å². The van der Waals surface area contributed by atoms with Gasteiger partial charge in [-0.15, -0.1) is 0 Å². The minimum atomic E-state index is -1.27. The summed E-state index contributed by atoms with van der Waals surface area (Å²) in [5, 5.41) is 18.2. The van der Waals surface area contributed by atoms with Crippen molar-refractivity contribution in [3.63, 3.8) is 0 Å². The molecule has 178 valence electrons. The van der Waals surface area contributed by atoms with Crippen LogP contribution in [0.25, 0.3) is 11.2 Å². The van der Waals surface area contributed by atoms with Crippen LogP contribution in [0.1, 0.15) is 28.9 Å². The van der Waals surface area contributed by atoms with Crippen LogP contribution in [-0.4, -0.2) is 73.0 Å². The largest absolute Gasteiger partial charge is 0.481 e. The normalized spacial score (nSPS) is 11.7. The first kappa shape index (κ1) is 24.1. The Kier molecular flexibility index (Phi) is 7.04. The molecule has 0 saturated carbocycles. The van der Waals surface area contributed by atoms with E-state index in [4.69, 9.17) is 16.6 Å². The molecular weight excluding hydrogens is 444 g/mol. The third kappa shape index (κ3) is 5.43. The van der Waals surface area contributed by atoms with Crippen LogP contribution in [0.15, 0.2) is 30.5 Å². The Balaban J connectivity index is 1.72. The second kappa shape index (κ2) is 9.94. The number of carboxylic acids is 2. The number of likely N-dealkylation sites (N-methyl/N-ethyl adjacent to an activating group) is 1. The number of carbonyl (C=O) groups is 3. The highest BCUT2D eigenvalue weighted by Gasteiger charge is 2.27. The Labute approximate surface area is 194 Å². The number of fused-ring (bicyclic) bond motifs is 1. The Hall–Kier alpha value is -4.55. The van der Waals surface area contributed by atoms with Gasteiger partial charge in [0.2, 0.25) is 5.95 Å².